The molecule has 1 heterocycles. The number of aliphatic hydroxyl groups is 1. The monoisotopic (exact) mass is 774 g/mol. The summed E-state index contributed by atoms with van der Waals surface area (Å²) < 4.78 is 1.97. The standard InChI is InChI=1S/C17H14Br2O2.C12H15N.Ir/c18-14-5-1-12(2-6-14)9-16(20)11-17(21)10-13-3-7-15(19)8-4-13;1-2-6-11(7-3-1)10-12-8-4-5-9-13-12;/h1-8,11,20H,9-10H2;1-3,6,12H,4-5,8-10H2;/q;-2;/b16-11-;;. The second-order valence-corrected chi connectivity index (χ2v) is 10.2. The van der Waals surface area contributed by atoms with E-state index in [4.69, 9.17) is 0 Å². The number of halogens is 2. The van der Waals surface area contributed by atoms with E-state index in [-0.39, 0.29) is 38.1 Å². The number of carbonyl (C=O) groups is 1. The van der Waals surface area contributed by atoms with Crippen LogP contribution < -0.4 is 0 Å². The van der Waals surface area contributed by atoms with Gasteiger partial charge in [0, 0.05) is 48.0 Å². The molecule has 0 saturated carbocycles. The molecular weight excluding hydrogens is 746 g/mol. The maximum atomic E-state index is 11.9. The molecule has 0 aromatic heterocycles. The van der Waals surface area contributed by atoms with Crippen molar-refractivity contribution in [2.45, 2.75) is 44.6 Å². The summed E-state index contributed by atoms with van der Waals surface area (Å²) in [6, 6.07) is 27.3. The average molecular weight is 776 g/mol. The first-order valence-electron chi connectivity index (χ1n) is 11.5. The molecule has 4 rings (SSSR count). The van der Waals surface area contributed by atoms with Crippen molar-refractivity contribution in [2.75, 3.05) is 6.54 Å². The zero-order valence-electron chi connectivity index (χ0n) is 19.4. The van der Waals surface area contributed by atoms with Crippen molar-refractivity contribution in [1.29, 1.82) is 0 Å². The summed E-state index contributed by atoms with van der Waals surface area (Å²) in [4.78, 5) is 11.9. The predicted molar refractivity (Wildman–Crippen MR) is 146 cm³/mol. The van der Waals surface area contributed by atoms with Crippen molar-refractivity contribution in [1.82, 2.24) is 0 Å². The van der Waals surface area contributed by atoms with Crippen molar-refractivity contribution in [3.63, 3.8) is 0 Å². The summed E-state index contributed by atoms with van der Waals surface area (Å²) in [6.45, 7) is 1.07. The molecule has 0 amide bonds. The van der Waals surface area contributed by atoms with Crippen LogP contribution in [0.3, 0.4) is 0 Å². The summed E-state index contributed by atoms with van der Waals surface area (Å²) in [6.07, 6.45) is 6.95. The fourth-order valence-electron chi connectivity index (χ4n) is 3.74. The van der Waals surface area contributed by atoms with Crippen LogP contribution in [0.15, 0.2) is 93.6 Å². The van der Waals surface area contributed by atoms with Crippen molar-refractivity contribution in [2.24, 2.45) is 0 Å². The van der Waals surface area contributed by atoms with E-state index in [1.807, 2.05) is 60.7 Å². The minimum atomic E-state index is -0.105. The van der Waals surface area contributed by atoms with Crippen LogP contribution in [0.5, 0.6) is 0 Å². The number of ketones is 1. The van der Waals surface area contributed by atoms with Crippen LogP contribution in [0.4, 0.5) is 0 Å². The second kappa shape index (κ2) is 16.2. The molecular formula is C29H29Br2IrNO2-2. The Labute approximate surface area is 239 Å². The number of piperidine rings is 1. The third kappa shape index (κ3) is 11.8. The quantitative estimate of drug-likeness (QED) is 0.151. The molecule has 1 radical (unpaired) electrons. The topological polar surface area (TPSA) is 51.4 Å². The maximum Gasteiger partial charge on any atom is 0.163 e. The third-order valence-electron chi connectivity index (χ3n) is 5.48. The molecule has 0 bridgehead atoms. The molecule has 3 aromatic carbocycles. The van der Waals surface area contributed by atoms with Gasteiger partial charge in [-0.25, -0.2) is 0 Å². The van der Waals surface area contributed by atoms with Gasteiger partial charge in [-0.05, 0) is 35.4 Å². The van der Waals surface area contributed by atoms with Crippen molar-refractivity contribution in [3.05, 3.63) is 122 Å². The third-order valence-corrected chi connectivity index (χ3v) is 6.54. The Bertz CT molecular complexity index is 1050. The molecule has 0 aliphatic carbocycles. The largest absolute Gasteiger partial charge is 0.659 e. The Morgan fingerprint density at radius 3 is 2.11 bits per heavy atom. The number of allylic oxidation sites excluding steroid dienone is 2. The fourth-order valence-corrected chi connectivity index (χ4v) is 4.27. The van der Waals surface area contributed by atoms with Crippen LogP contribution in [-0.2, 0) is 44.2 Å². The molecule has 1 fully saturated rings. The maximum absolute atomic E-state index is 11.9. The van der Waals surface area contributed by atoms with Gasteiger partial charge >= 0.3 is 0 Å². The number of nitrogens with zero attached hydrogens (tertiary/aromatic N) is 1. The molecule has 1 N–H and O–H groups in total. The van der Waals surface area contributed by atoms with Gasteiger partial charge in [0.05, 0.1) is 0 Å². The Balaban J connectivity index is 0.000000265. The van der Waals surface area contributed by atoms with Crippen LogP contribution in [0.1, 0.15) is 36.0 Å². The Morgan fingerprint density at radius 2 is 1.57 bits per heavy atom. The smallest absolute Gasteiger partial charge is 0.163 e. The first-order chi connectivity index (χ1) is 16.5. The van der Waals surface area contributed by atoms with E-state index in [0.717, 1.165) is 33.0 Å². The Kier molecular flexibility index (Phi) is 13.8. The predicted octanol–water partition coefficient (Wildman–Crippen LogP) is 7.96. The number of rotatable bonds is 7. The van der Waals surface area contributed by atoms with Crippen LogP contribution >= 0.6 is 31.9 Å². The van der Waals surface area contributed by atoms with Crippen molar-refractivity contribution >= 4 is 37.6 Å². The molecule has 3 aromatic rings. The number of aliphatic hydroxyl groups excluding tert-OH is 1. The van der Waals surface area contributed by atoms with Gasteiger partial charge in [0.15, 0.2) is 5.78 Å². The van der Waals surface area contributed by atoms with Crippen molar-refractivity contribution < 1.29 is 30.0 Å². The van der Waals surface area contributed by atoms with Crippen LogP contribution in [-0.4, -0.2) is 23.5 Å². The molecule has 3 nitrogen and oxygen atoms in total. The van der Waals surface area contributed by atoms with Crippen LogP contribution in [0.2, 0.25) is 0 Å². The SMILES string of the molecule is O=C(/C=C(\O)Cc1ccc(Br)cc1)Cc1ccc(Br)cc1.[Ir].[c-]1ccccc1CC1CCCC[N-]1. The minimum absolute atomic E-state index is 0. The van der Waals surface area contributed by atoms with E-state index >= 15 is 0 Å². The van der Waals surface area contributed by atoms with Gasteiger partial charge in [-0.2, -0.15) is 35.9 Å². The number of benzene rings is 3. The molecule has 1 saturated heterocycles. The Hall–Kier alpha value is -1.56. The second-order valence-electron chi connectivity index (χ2n) is 8.36. The van der Waals surface area contributed by atoms with E-state index in [9.17, 15) is 9.90 Å². The molecule has 35 heavy (non-hydrogen) atoms. The Morgan fingerprint density at radius 1 is 0.943 bits per heavy atom. The molecule has 187 valence electrons. The van der Waals surface area contributed by atoms with Gasteiger partial charge in [-0.1, -0.05) is 81.8 Å². The summed E-state index contributed by atoms with van der Waals surface area (Å²) in [5.41, 5.74) is 3.19. The summed E-state index contributed by atoms with van der Waals surface area (Å²) in [5.74, 6) is -0.0219. The van der Waals surface area contributed by atoms with Gasteiger partial charge in [0.2, 0.25) is 0 Å². The number of hydrogen-bond acceptors (Lipinski definition) is 2. The number of hydrogen-bond donors (Lipinski definition) is 1. The van der Waals surface area contributed by atoms with E-state index in [2.05, 4.69) is 55.4 Å². The summed E-state index contributed by atoms with van der Waals surface area (Å²) >= 11 is 6.71. The minimum Gasteiger partial charge on any atom is -0.659 e. The van der Waals surface area contributed by atoms with Crippen molar-refractivity contribution in [3.8, 4) is 0 Å². The molecule has 0 spiro atoms. The zero-order chi connectivity index (χ0) is 24.2. The van der Waals surface area contributed by atoms with Gasteiger partial charge < -0.3 is 10.4 Å². The van der Waals surface area contributed by atoms with Gasteiger partial charge in [0.1, 0.15) is 5.76 Å². The summed E-state index contributed by atoms with van der Waals surface area (Å²) in [5, 5.41) is 14.5. The molecule has 1 atom stereocenters. The summed E-state index contributed by atoms with van der Waals surface area (Å²) in [7, 11) is 0. The van der Waals surface area contributed by atoms with E-state index in [0.29, 0.717) is 12.5 Å². The zero-order valence-corrected chi connectivity index (χ0v) is 25.0. The average Bonchev–Trinajstić information content (AvgIpc) is 2.84. The first-order valence-corrected chi connectivity index (χ1v) is 13.1. The molecule has 1 aliphatic heterocycles. The fraction of sp³-hybridized carbons (Fsp3) is 0.276. The van der Waals surface area contributed by atoms with Crippen LogP contribution in [0.25, 0.3) is 5.32 Å². The van der Waals surface area contributed by atoms with E-state index in [1.54, 1.807) is 0 Å². The van der Waals surface area contributed by atoms with Gasteiger partial charge in [0.25, 0.3) is 0 Å². The first kappa shape index (κ1) is 29.7. The van der Waals surface area contributed by atoms with E-state index < -0.39 is 0 Å². The number of carbonyl (C=O) groups excluding carboxylic acids is 1. The normalized spacial score (nSPS) is 15.4. The van der Waals surface area contributed by atoms with E-state index in [1.165, 1.54) is 30.9 Å². The molecule has 1 unspecified atom stereocenters. The molecule has 6 heteroatoms. The van der Waals surface area contributed by atoms with Gasteiger partial charge in [-0.15, -0.1) is 12.6 Å². The van der Waals surface area contributed by atoms with Crippen LogP contribution in [0, 0.1) is 6.07 Å². The molecule has 1 aliphatic rings. The van der Waals surface area contributed by atoms with Gasteiger partial charge in [-0.3, -0.25) is 4.79 Å².